The summed E-state index contributed by atoms with van der Waals surface area (Å²) in [5.74, 6) is -0.373. The molecular formula is C29H38O4Si. The lowest BCUT2D eigenvalue weighted by atomic mass is 9.79. The number of carbonyl (C=O) groups excluding carboxylic acids is 1. The van der Waals surface area contributed by atoms with Crippen LogP contribution in [0.15, 0.2) is 85.0 Å². The van der Waals surface area contributed by atoms with Crippen molar-refractivity contribution in [3.8, 4) is 0 Å². The fourth-order valence-corrected chi connectivity index (χ4v) is 9.60. The summed E-state index contributed by atoms with van der Waals surface area (Å²) < 4.78 is 12.2. The maximum atomic E-state index is 12.0. The number of benzene rings is 2. The van der Waals surface area contributed by atoms with Gasteiger partial charge >= 0.3 is 5.97 Å². The minimum absolute atomic E-state index is 0.0174. The second-order valence-electron chi connectivity index (χ2n) is 10.1. The number of esters is 1. The molecule has 0 bridgehead atoms. The van der Waals surface area contributed by atoms with Crippen LogP contribution in [0.1, 0.15) is 47.0 Å². The van der Waals surface area contributed by atoms with Gasteiger partial charge in [0.1, 0.15) is 0 Å². The molecule has 1 atom stereocenters. The Bertz CT molecular complexity index is 925. The zero-order chi connectivity index (χ0) is 24.7. The van der Waals surface area contributed by atoms with Crippen LogP contribution >= 0.6 is 0 Å². The highest BCUT2D eigenvalue weighted by atomic mass is 28.4. The van der Waals surface area contributed by atoms with E-state index in [9.17, 15) is 9.90 Å². The molecule has 4 nitrogen and oxygen atoms in total. The highest BCUT2D eigenvalue weighted by Gasteiger charge is 2.51. The smallest absolute Gasteiger partial charge is 0.308 e. The Morgan fingerprint density at radius 2 is 1.53 bits per heavy atom. The standard InChI is InChI=1S/C29H38O4Si/c1-5-32-27(31)21-24(30)22-29(19-13-8-14-20-29)23-33-34(28(2,3)4,25-15-9-6-10-16-25)26-17-11-7-12-18-26/h6-7,9-20,24,30H,5,8,21-23H2,1-4H3. The predicted molar refractivity (Wildman–Crippen MR) is 141 cm³/mol. The molecule has 0 radical (unpaired) electrons. The normalized spacial score (nSPS) is 16.3. The summed E-state index contributed by atoms with van der Waals surface area (Å²) >= 11 is 0. The van der Waals surface area contributed by atoms with Crippen LogP contribution in [0.4, 0.5) is 0 Å². The van der Waals surface area contributed by atoms with Gasteiger partial charge in [-0.15, -0.1) is 0 Å². The van der Waals surface area contributed by atoms with Crippen molar-refractivity contribution in [1.82, 2.24) is 0 Å². The first-order chi connectivity index (χ1) is 16.2. The van der Waals surface area contributed by atoms with Crippen LogP contribution in [-0.4, -0.2) is 38.7 Å². The largest absolute Gasteiger partial charge is 0.466 e. The third-order valence-electron chi connectivity index (χ3n) is 6.47. The molecule has 2 aromatic carbocycles. The van der Waals surface area contributed by atoms with Crippen LogP contribution in [0, 0.1) is 5.41 Å². The molecule has 0 amide bonds. The number of hydrogen-bond donors (Lipinski definition) is 1. The summed E-state index contributed by atoms with van der Waals surface area (Å²) in [5, 5.41) is 13.1. The Kier molecular flexibility index (Phi) is 8.69. The topological polar surface area (TPSA) is 55.8 Å². The first-order valence-electron chi connectivity index (χ1n) is 12.2. The summed E-state index contributed by atoms with van der Waals surface area (Å²) in [4.78, 5) is 12.0. The van der Waals surface area contributed by atoms with E-state index in [4.69, 9.17) is 9.16 Å². The van der Waals surface area contributed by atoms with E-state index in [1.807, 2.05) is 12.1 Å². The third-order valence-corrected chi connectivity index (χ3v) is 11.5. The predicted octanol–water partition coefficient (Wildman–Crippen LogP) is 4.77. The molecule has 5 heteroatoms. The van der Waals surface area contributed by atoms with Crippen molar-refractivity contribution in [3.05, 3.63) is 85.0 Å². The quantitative estimate of drug-likeness (QED) is 0.304. The molecule has 1 aliphatic carbocycles. The molecule has 1 unspecified atom stereocenters. The van der Waals surface area contributed by atoms with E-state index in [2.05, 4.69) is 93.6 Å². The van der Waals surface area contributed by atoms with E-state index >= 15 is 0 Å². The molecule has 182 valence electrons. The number of aliphatic hydroxyl groups excluding tert-OH is 1. The van der Waals surface area contributed by atoms with E-state index in [-0.39, 0.29) is 17.4 Å². The van der Waals surface area contributed by atoms with Crippen molar-refractivity contribution in [2.24, 2.45) is 5.41 Å². The van der Waals surface area contributed by atoms with Crippen molar-refractivity contribution in [3.63, 3.8) is 0 Å². The number of carbonyl (C=O) groups is 1. The van der Waals surface area contributed by atoms with Crippen LogP contribution in [0.25, 0.3) is 0 Å². The van der Waals surface area contributed by atoms with Gasteiger partial charge in [-0.3, -0.25) is 4.79 Å². The molecule has 1 N–H and O–H groups in total. The summed E-state index contributed by atoms with van der Waals surface area (Å²) in [5.41, 5.74) is -0.489. The third kappa shape index (κ3) is 5.95. The van der Waals surface area contributed by atoms with Gasteiger partial charge in [0.2, 0.25) is 0 Å². The van der Waals surface area contributed by atoms with Crippen molar-refractivity contribution in [1.29, 1.82) is 0 Å². The first-order valence-corrected chi connectivity index (χ1v) is 14.1. The monoisotopic (exact) mass is 478 g/mol. The Labute approximate surface area is 205 Å². The average molecular weight is 479 g/mol. The van der Waals surface area contributed by atoms with Gasteiger partial charge in [0.25, 0.3) is 8.32 Å². The van der Waals surface area contributed by atoms with E-state index in [0.29, 0.717) is 19.6 Å². The molecule has 1 aliphatic rings. The van der Waals surface area contributed by atoms with Crippen molar-refractivity contribution in [2.75, 3.05) is 13.2 Å². The van der Waals surface area contributed by atoms with Crippen LogP contribution in [0.3, 0.4) is 0 Å². The molecule has 0 aromatic heterocycles. The number of allylic oxidation sites excluding steroid dienone is 2. The summed E-state index contributed by atoms with van der Waals surface area (Å²) in [6.45, 7) is 9.28. The van der Waals surface area contributed by atoms with Crippen molar-refractivity contribution in [2.45, 2.75) is 58.1 Å². The Balaban J connectivity index is 1.98. The van der Waals surface area contributed by atoms with Gasteiger partial charge < -0.3 is 14.3 Å². The van der Waals surface area contributed by atoms with E-state index in [1.54, 1.807) is 6.92 Å². The van der Waals surface area contributed by atoms with Gasteiger partial charge in [-0.25, -0.2) is 0 Å². The summed E-state index contributed by atoms with van der Waals surface area (Å²) in [6, 6.07) is 21.1. The molecular weight excluding hydrogens is 440 g/mol. The van der Waals surface area contributed by atoms with E-state index < -0.39 is 19.8 Å². The lowest BCUT2D eigenvalue weighted by molar-refractivity contribution is -0.145. The number of hydrogen-bond acceptors (Lipinski definition) is 4. The van der Waals surface area contributed by atoms with Gasteiger partial charge in [0.05, 0.1) is 19.1 Å². The van der Waals surface area contributed by atoms with Gasteiger partial charge in [0, 0.05) is 12.0 Å². The molecule has 0 saturated carbocycles. The molecule has 0 heterocycles. The lowest BCUT2D eigenvalue weighted by Gasteiger charge is -2.45. The fourth-order valence-electron chi connectivity index (χ4n) is 4.96. The molecule has 0 spiro atoms. The number of ether oxygens (including phenoxy) is 1. The van der Waals surface area contributed by atoms with Crippen LogP contribution in [0.2, 0.25) is 5.04 Å². The Morgan fingerprint density at radius 1 is 1.00 bits per heavy atom. The minimum atomic E-state index is -2.72. The molecule has 0 saturated heterocycles. The molecule has 34 heavy (non-hydrogen) atoms. The lowest BCUT2D eigenvalue weighted by Crippen LogP contribution is -2.67. The minimum Gasteiger partial charge on any atom is -0.466 e. The average Bonchev–Trinajstić information content (AvgIpc) is 2.80. The van der Waals surface area contributed by atoms with Gasteiger partial charge in [-0.2, -0.15) is 0 Å². The Morgan fingerprint density at radius 3 is 2.00 bits per heavy atom. The molecule has 3 rings (SSSR count). The Hall–Kier alpha value is -2.47. The molecule has 0 fully saturated rings. The second-order valence-corrected chi connectivity index (χ2v) is 14.4. The highest BCUT2D eigenvalue weighted by molar-refractivity contribution is 6.99. The van der Waals surface area contributed by atoms with E-state index in [1.165, 1.54) is 10.4 Å². The highest BCUT2D eigenvalue weighted by Crippen LogP contribution is 2.40. The van der Waals surface area contributed by atoms with Crippen LogP contribution in [0.5, 0.6) is 0 Å². The second kappa shape index (κ2) is 11.3. The van der Waals surface area contributed by atoms with Gasteiger partial charge in [-0.1, -0.05) is 106 Å². The maximum absolute atomic E-state index is 12.0. The van der Waals surface area contributed by atoms with Crippen molar-refractivity contribution < 1.29 is 19.1 Å². The number of aliphatic hydroxyl groups is 1. The zero-order valence-corrected chi connectivity index (χ0v) is 21.9. The molecule has 0 aliphatic heterocycles. The molecule has 2 aromatic rings. The van der Waals surface area contributed by atoms with Crippen LogP contribution in [-0.2, 0) is 14.0 Å². The van der Waals surface area contributed by atoms with E-state index in [0.717, 1.165) is 6.42 Å². The van der Waals surface area contributed by atoms with Gasteiger partial charge in [0.15, 0.2) is 0 Å². The first kappa shape index (κ1) is 26.1. The fraction of sp³-hybridized carbons (Fsp3) is 0.414. The summed E-state index contributed by atoms with van der Waals surface area (Å²) in [6.07, 6.45) is 8.94. The van der Waals surface area contributed by atoms with Crippen LogP contribution < -0.4 is 10.4 Å². The zero-order valence-electron chi connectivity index (χ0n) is 20.9. The number of rotatable bonds is 10. The van der Waals surface area contributed by atoms with Crippen molar-refractivity contribution >= 4 is 24.7 Å². The maximum Gasteiger partial charge on any atom is 0.308 e. The SMILES string of the molecule is CCOC(=O)CC(O)CC1(CO[Si](c2ccccc2)(c2ccccc2)C(C)(C)C)C=CCC=C1. The summed E-state index contributed by atoms with van der Waals surface area (Å²) in [7, 11) is -2.72. The van der Waals surface area contributed by atoms with Gasteiger partial charge in [-0.05, 0) is 35.2 Å².